The summed E-state index contributed by atoms with van der Waals surface area (Å²) in [5, 5.41) is 11.5. The number of aryl methyl sites for hydroxylation is 1. The molecule has 106 valence electrons. The molecule has 0 spiro atoms. The molecule has 0 aliphatic rings. The quantitative estimate of drug-likeness (QED) is 0.750. The summed E-state index contributed by atoms with van der Waals surface area (Å²) < 4.78 is 15.5. The number of hydrogen-bond donors (Lipinski definition) is 1. The number of nitrogens with two attached hydrogens (primary N) is 1. The Balaban J connectivity index is 2.07. The van der Waals surface area contributed by atoms with Crippen molar-refractivity contribution in [3.8, 4) is 17.1 Å². The van der Waals surface area contributed by atoms with Crippen LogP contribution in [0.1, 0.15) is 12.5 Å². The van der Waals surface area contributed by atoms with Gasteiger partial charge in [0.2, 0.25) is 0 Å². The summed E-state index contributed by atoms with van der Waals surface area (Å²) in [7, 11) is 0. The average Bonchev–Trinajstić information content (AvgIpc) is 2.96. The Hall–Kier alpha value is -2.76. The van der Waals surface area contributed by atoms with Crippen molar-refractivity contribution in [3.05, 3.63) is 53.8 Å². The number of tetrazole rings is 1. The van der Waals surface area contributed by atoms with E-state index in [1.807, 2.05) is 24.3 Å². The van der Waals surface area contributed by atoms with Gasteiger partial charge in [-0.15, -0.1) is 5.10 Å². The minimum Gasteiger partial charge on any atom is -0.399 e. The van der Waals surface area contributed by atoms with Crippen LogP contribution in [-0.4, -0.2) is 20.2 Å². The van der Waals surface area contributed by atoms with Gasteiger partial charge in [0.15, 0.2) is 5.82 Å². The third-order valence-electron chi connectivity index (χ3n) is 3.29. The van der Waals surface area contributed by atoms with E-state index in [9.17, 15) is 4.39 Å². The van der Waals surface area contributed by atoms with Gasteiger partial charge in [-0.05, 0) is 52.7 Å². The molecule has 5 nitrogen and oxygen atoms in total. The summed E-state index contributed by atoms with van der Waals surface area (Å²) in [5.41, 5.74) is 8.24. The molecule has 0 unspecified atom stereocenters. The van der Waals surface area contributed by atoms with E-state index in [1.165, 1.54) is 16.3 Å². The molecule has 0 bridgehead atoms. The van der Waals surface area contributed by atoms with E-state index in [2.05, 4.69) is 22.4 Å². The molecule has 2 N–H and O–H groups in total. The van der Waals surface area contributed by atoms with Crippen LogP contribution in [0, 0.1) is 5.82 Å². The molecule has 0 aliphatic carbocycles. The van der Waals surface area contributed by atoms with Gasteiger partial charge >= 0.3 is 0 Å². The number of aromatic nitrogens is 4. The zero-order chi connectivity index (χ0) is 14.8. The molecule has 0 aliphatic heterocycles. The van der Waals surface area contributed by atoms with Gasteiger partial charge < -0.3 is 5.73 Å². The standard InChI is InChI=1S/C15H14FN5/c1-2-10-3-6-12(7-4-10)21-15(18-19-20-21)13-8-5-11(17)9-14(13)16/h3-9H,2,17H2,1H3. The normalized spacial score (nSPS) is 10.8. The first kappa shape index (κ1) is 13.2. The maximum Gasteiger partial charge on any atom is 0.190 e. The number of rotatable bonds is 3. The molecule has 0 saturated heterocycles. The Morgan fingerprint density at radius 3 is 2.57 bits per heavy atom. The molecule has 0 fully saturated rings. The minimum atomic E-state index is -0.448. The van der Waals surface area contributed by atoms with Gasteiger partial charge in [-0.3, -0.25) is 0 Å². The highest BCUT2D eigenvalue weighted by Crippen LogP contribution is 2.24. The Labute approximate surface area is 121 Å². The van der Waals surface area contributed by atoms with Crippen molar-refractivity contribution in [2.45, 2.75) is 13.3 Å². The second kappa shape index (κ2) is 5.32. The number of anilines is 1. The van der Waals surface area contributed by atoms with Crippen molar-refractivity contribution in [1.29, 1.82) is 0 Å². The van der Waals surface area contributed by atoms with Crippen molar-refractivity contribution in [3.63, 3.8) is 0 Å². The molecular weight excluding hydrogens is 269 g/mol. The summed E-state index contributed by atoms with van der Waals surface area (Å²) in [4.78, 5) is 0. The van der Waals surface area contributed by atoms with Crippen LogP contribution in [0.15, 0.2) is 42.5 Å². The molecule has 0 saturated carbocycles. The summed E-state index contributed by atoms with van der Waals surface area (Å²) in [6, 6.07) is 12.3. The second-order valence-corrected chi connectivity index (χ2v) is 4.67. The van der Waals surface area contributed by atoms with Crippen LogP contribution >= 0.6 is 0 Å². The minimum absolute atomic E-state index is 0.314. The molecule has 1 aromatic heterocycles. The highest BCUT2D eigenvalue weighted by Gasteiger charge is 2.14. The van der Waals surface area contributed by atoms with E-state index < -0.39 is 5.82 Å². The van der Waals surface area contributed by atoms with Crippen LogP contribution in [0.25, 0.3) is 17.1 Å². The van der Waals surface area contributed by atoms with Crippen LogP contribution in [0.4, 0.5) is 10.1 Å². The number of benzene rings is 2. The maximum atomic E-state index is 14.0. The molecule has 21 heavy (non-hydrogen) atoms. The lowest BCUT2D eigenvalue weighted by Gasteiger charge is -2.06. The van der Waals surface area contributed by atoms with Crippen molar-refractivity contribution >= 4 is 5.69 Å². The lowest BCUT2D eigenvalue weighted by atomic mass is 10.1. The zero-order valence-electron chi connectivity index (χ0n) is 11.5. The fourth-order valence-corrected chi connectivity index (χ4v) is 2.11. The number of nitrogen functional groups attached to an aromatic ring is 1. The van der Waals surface area contributed by atoms with Crippen LogP contribution in [0.5, 0.6) is 0 Å². The molecule has 0 radical (unpaired) electrons. The monoisotopic (exact) mass is 283 g/mol. The van der Waals surface area contributed by atoms with Crippen LogP contribution < -0.4 is 5.73 Å². The van der Waals surface area contributed by atoms with Gasteiger partial charge in [0.25, 0.3) is 0 Å². The SMILES string of the molecule is CCc1ccc(-n2nnnc2-c2ccc(N)cc2F)cc1. The molecule has 3 aromatic rings. The van der Waals surface area contributed by atoms with E-state index in [0.29, 0.717) is 17.1 Å². The third-order valence-corrected chi connectivity index (χ3v) is 3.29. The fraction of sp³-hybridized carbons (Fsp3) is 0.133. The van der Waals surface area contributed by atoms with Crippen molar-refractivity contribution < 1.29 is 4.39 Å². The summed E-state index contributed by atoms with van der Waals surface area (Å²) in [6.45, 7) is 2.08. The lowest BCUT2D eigenvalue weighted by molar-refractivity contribution is 0.629. The first-order valence-corrected chi connectivity index (χ1v) is 6.62. The smallest absolute Gasteiger partial charge is 0.190 e. The van der Waals surface area contributed by atoms with Crippen molar-refractivity contribution in [1.82, 2.24) is 20.2 Å². The van der Waals surface area contributed by atoms with Gasteiger partial charge in [0.1, 0.15) is 5.82 Å². The van der Waals surface area contributed by atoms with Crippen molar-refractivity contribution in [2.75, 3.05) is 5.73 Å². The molecule has 6 heteroatoms. The largest absolute Gasteiger partial charge is 0.399 e. The average molecular weight is 283 g/mol. The molecule has 2 aromatic carbocycles. The number of nitrogens with zero attached hydrogens (tertiary/aromatic N) is 4. The summed E-state index contributed by atoms with van der Waals surface area (Å²) in [5.74, 6) is -0.104. The summed E-state index contributed by atoms with van der Waals surface area (Å²) >= 11 is 0. The third kappa shape index (κ3) is 2.47. The highest BCUT2D eigenvalue weighted by atomic mass is 19.1. The van der Waals surface area contributed by atoms with Crippen LogP contribution in [0.3, 0.4) is 0 Å². The van der Waals surface area contributed by atoms with Gasteiger partial charge in [0, 0.05) is 5.69 Å². The molecule has 1 heterocycles. The van der Waals surface area contributed by atoms with Gasteiger partial charge in [-0.1, -0.05) is 19.1 Å². The predicted octanol–water partition coefficient (Wildman–Crippen LogP) is 2.61. The Morgan fingerprint density at radius 2 is 1.90 bits per heavy atom. The van der Waals surface area contributed by atoms with E-state index in [4.69, 9.17) is 5.73 Å². The molecule has 0 atom stereocenters. The Morgan fingerprint density at radius 1 is 1.14 bits per heavy atom. The lowest BCUT2D eigenvalue weighted by Crippen LogP contribution is -2.01. The molecule has 3 rings (SSSR count). The first-order valence-electron chi connectivity index (χ1n) is 6.62. The van der Waals surface area contributed by atoms with E-state index in [0.717, 1.165) is 12.1 Å². The predicted molar refractivity (Wildman–Crippen MR) is 78.3 cm³/mol. The highest BCUT2D eigenvalue weighted by molar-refractivity contribution is 5.61. The summed E-state index contributed by atoms with van der Waals surface area (Å²) in [6.07, 6.45) is 0.954. The zero-order valence-corrected chi connectivity index (χ0v) is 11.5. The van der Waals surface area contributed by atoms with E-state index in [-0.39, 0.29) is 0 Å². The van der Waals surface area contributed by atoms with Crippen LogP contribution in [-0.2, 0) is 6.42 Å². The first-order chi connectivity index (χ1) is 10.2. The van der Waals surface area contributed by atoms with Gasteiger partial charge in [-0.25, -0.2) is 4.39 Å². The maximum absolute atomic E-state index is 14.0. The van der Waals surface area contributed by atoms with E-state index in [1.54, 1.807) is 12.1 Å². The Bertz CT molecular complexity index is 764. The van der Waals surface area contributed by atoms with Gasteiger partial charge in [0.05, 0.1) is 11.3 Å². The number of hydrogen-bond acceptors (Lipinski definition) is 4. The van der Waals surface area contributed by atoms with Crippen LogP contribution in [0.2, 0.25) is 0 Å². The van der Waals surface area contributed by atoms with Gasteiger partial charge in [-0.2, -0.15) is 4.68 Å². The molecule has 0 amide bonds. The Kier molecular flexibility index (Phi) is 3.35. The number of halogens is 1. The molecular formula is C15H14FN5. The second-order valence-electron chi connectivity index (χ2n) is 4.67. The topological polar surface area (TPSA) is 69.6 Å². The fourth-order valence-electron chi connectivity index (χ4n) is 2.11. The van der Waals surface area contributed by atoms with E-state index >= 15 is 0 Å². The van der Waals surface area contributed by atoms with Crippen molar-refractivity contribution in [2.24, 2.45) is 0 Å².